The third kappa shape index (κ3) is 3.11. The molecule has 1 aromatic heterocycles. The van der Waals surface area contributed by atoms with E-state index in [0.717, 1.165) is 11.4 Å². The highest BCUT2D eigenvalue weighted by Crippen LogP contribution is 2.27. The summed E-state index contributed by atoms with van der Waals surface area (Å²) in [6.07, 6.45) is 3.47. The van der Waals surface area contributed by atoms with Crippen LogP contribution in [0.15, 0.2) is 36.7 Å². The highest BCUT2D eigenvalue weighted by atomic mass is 15.0. The van der Waals surface area contributed by atoms with Gasteiger partial charge >= 0.3 is 0 Å². The number of aromatic nitrogens is 2. The zero-order valence-corrected chi connectivity index (χ0v) is 12.0. The lowest BCUT2D eigenvalue weighted by atomic mass is 10.0. The average Bonchev–Trinajstić information content (AvgIpc) is 2.39. The van der Waals surface area contributed by atoms with Crippen LogP contribution >= 0.6 is 0 Å². The molecule has 0 spiro atoms. The number of nitrogens with zero attached hydrogens (tertiary/aromatic N) is 2. The second kappa shape index (κ2) is 5.83. The quantitative estimate of drug-likeness (QED) is 0.894. The standard InChI is InChI=1S/C16H21N3/c1-11(2)14-7-5-6-8-15(14)19-13(4)16-12(3)17-9-10-18-16/h5-11,13,19H,1-4H3. The minimum atomic E-state index is 0.147. The minimum absolute atomic E-state index is 0.147. The van der Waals surface area contributed by atoms with E-state index in [9.17, 15) is 0 Å². The van der Waals surface area contributed by atoms with Gasteiger partial charge in [-0.3, -0.25) is 9.97 Å². The molecule has 0 saturated carbocycles. The molecular formula is C16H21N3. The second-order valence-corrected chi connectivity index (χ2v) is 5.13. The van der Waals surface area contributed by atoms with E-state index >= 15 is 0 Å². The SMILES string of the molecule is Cc1nccnc1C(C)Nc1ccccc1C(C)C. The fraction of sp³-hybridized carbons (Fsp3) is 0.375. The predicted molar refractivity (Wildman–Crippen MR) is 79.3 cm³/mol. The number of aryl methyl sites for hydroxylation is 1. The van der Waals surface area contributed by atoms with Crippen LogP contribution in [0.4, 0.5) is 5.69 Å². The average molecular weight is 255 g/mol. The lowest BCUT2D eigenvalue weighted by molar-refractivity contribution is 0.798. The molecule has 0 amide bonds. The van der Waals surface area contributed by atoms with Gasteiger partial charge in [0.15, 0.2) is 0 Å². The molecule has 1 heterocycles. The number of rotatable bonds is 4. The van der Waals surface area contributed by atoms with Crippen molar-refractivity contribution < 1.29 is 0 Å². The summed E-state index contributed by atoms with van der Waals surface area (Å²) in [5, 5.41) is 3.55. The predicted octanol–water partition coefficient (Wildman–Crippen LogP) is 4.08. The lowest BCUT2D eigenvalue weighted by Crippen LogP contribution is -2.12. The Bertz CT molecular complexity index is 549. The largest absolute Gasteiger partial charge is 0.377 e. The van der Waals surface area contributed by atoms with Crippen LogP contribution in [0, 0.1) is 6.92 Å². The van der Waals surface area contributed by atoms with E-state index < -0.39 is 0 Å². The van der Waals surface area contributed by atoms with Crippen LogP contribution in [0.2, 0.25) is 0 Å². The van der Waals surface area contributed by atoms with Gasteiger partial charge in [0.05, 0.1) is 17.4 Å². The van der Waals surface area contributed by atoms with Gasteiger partial charge in [0.2, 0.25) is 0 Å². The summed E-state index contributed by atoms with van der Waals surface area (Å²) in [5.41, 5.74) is 4.48. The van der Waals surface area contributed by atoms with Crippen molar-refractivity contribution in [2.45, 2.75) is 39.7 Å². The van der Waals surface area contributed by atoms with Crippen LogP contribution in [-0.4, -0.2) is 9.97 Å². The first-order valence-corrected chi connectivity index (χ1v) is 6.72. The third-order valence-electron chi connectivity index (χ3n) is 3.28. The fourth-order valence-electron chi connectivity index (χ4n) is 2.28. The number of hydrogen-bond donors (Lipinski definition) is 1. The topological polar surface area (TPSA) is 37.8 Å². The first kappa shape index (κ1) is 13.5. The van der Waals surface area contributed by atoms with E-state index in [4.69, 9.17) is 0 Å². The number of benzene rings is 1. The monoisotopic (exact) mass is 255 g/mol. The molecular weight excluding hydrogens is 234 g/mol. The maximum atomic E-state index is 4.42. The second-order valence-electron chi connectivity index (χ2n) is 5.13. The van der Waals surface area contributed by atoms with Gasteiger partial charge in [-0.2, -0.15) is 0 Å². The summed E-state index contributed by atoms with van der Waals surface area (Å²) in [7, 11) is 0. The molecule has 0 aliphatic carbocycles. The van der Waals surface area contributed by atoms with Gasteiger partial charge < -0.3 is 5.32 Å². The van der Waals surface area contributed by atoms with Crippen LogP contribution in [-0.2, 0) is 0 Å². The maximum absolute atomic E-state index is 4.42. The first-order chi connectivity index (χ1) is 9.09. The molecule has 2 rings (SSSR count). The van der Waals surface area contributed by atoms with Crippen molar-refractivity contribution in [3.8, 4) is 0 Å². The summed E-state index contributed by atoms with van der Waals surface area (Å²) in [6, 6.07) is 8.58. The van der Waals surface area contributed by atoms with Gasteiger partial charge in [0, 0.05) is 18.1 Å². The smallest absolute Gasteiger partial charge is 0.0835 e. The summed E-state index contributed by atoms with van der Waals surface area (Å²) in [6.45, 7) is 8.53. The molecule has 1 unspecified atom stereocenters. The Morgan fingerprint density at radius 2 is 1.68 bits per heavy atom. The molecule has 19 heavy (non-hydrogen) atoms. The first-order valence-electron chi connectivity index (χ1n) is 6.72. The van der Waals surface area contributed by atoms with Gasteiger partial charge in [0.1, 0.15) is 0 Å². The van der Waals surface area contributed by atoms with Crippen LogP contribution in [0.25, 0.3) is 0 Å². The van der Waals surface area contributed by atoms with Crippen LogP contribution in [0.3, 0.4) is 0 Å². The van der Waals surface area contributed by atoms with Crippen LogP contribution < -0.4 is 5.32 Å². The molecule has 1 N–H and O–H groups in total. The Kier molecular flexibility index (Phi) is 4.15. The van der Waals surface area contributed by atoms with Gasteiger partial charge in [-0.15, -0.1) is 0 Å². The molecule has 2 aromatic rings. The Labute approximate surface area is 115 Å². The molecule has 0 saturated heterocycles. The van der Waals surface area contributed by atoms with Crippen molar-refractivity contribution >= 4 is 5.69 Å². The number of hydrogen-bond acceptors (Lipinski definition) is 3. The molecule has 3 heteroatoms. The van der Waals surface area contributed by atoms with E-state index in [1.54, 1.807) is 12.4 Å². The number of nitrogens with one attached hydrogen (secondary N) is 1. The minimum Gasteiger partial charge on any atom is -0.377 e. The fourth-order valence-corrected chi connectivity index (χ4v) is 2.28. The molecule has 1 aromatic carbocycles. The molecule has 1 atom stereocenters. The normalized spacial score (nSPS) is 12.5. The Morgan fingerprint density at radius 3 is 2.37 bits per heavy atom. The summed E-state index contributed by atoms with van der Waals surface area (Å²) >= 11 is 0. The summed E-state index contributed by atoms with van der Waals surface area (Å²) in [5.74, 6) is 0.499. The molecule has 0 aliphatic rings. The maximum Gasteiger partial charge on any atom is 0.0835 e. The van der Waals surface area contributed by atoms with Crippen molar-refractivity contribution in [1.82, 2.24) is 9.97 Å². The van der Waals surface area contributed by atoms with E-state index in [0.29, 0.717) is 5.92 Å². The van der Waals surface area contributed by atoms with Gasteiger partial charge in [-0.25, -0.2) is 0 Å². The van der Waals surface area contributed by atoms with Gasteiger partial charge in [-0.1, -0.05) is 32.0 Å². The van der Waals surface area contributed by atoms with E-state index in [1.165, 1.54) is 11.3 Å². The molecule has 0 bridgehead atoms. The molecule has 0 aliphatic heterocycles. The Morgan fingerprint density at radius 1 is 1.00 bits per heavy atom. The van der Waals surface area contributed by atoms with E-state index in [1.807, 2.05) is 6.92 Å². The summed E-state index contributed by atoms with van der Waals surface area (Å²) in [4.78, 5) is 8.72. The zero-order chi connectivity index (χ0) is 13.8. The third-order valence-corrected chi connectivity index (χ3v) is 3.28. The van der Waals surface area contributed by atoms with Crippen molar-refractivity contribution in [1.29, 1.82) is 0 Å². The van der Waals surface area contributed by atoms with Crippen molar-refractivity contribution in [2.24, 2.45) is 0 Å². The highest BCUT2D eigenvalue weighted by Gasteiger charge is 2.13. The van der Waals surface area contributed by atoms with Crippen LogP contribution in [0.5, 0.6) is 0 Å². The van der Waals surface area contributed by atoms with Crippen molar-refractivity contribution in [3.63, 3.8) is 0 Å². The van der Waals surface area contributed by atoms with Gasteiger partial charge in [-0.05, 0) is 31.4 Å². The lowest BCUT2D eigenvalue weighted by Gasteiger charge is -2.20. The zero-order valence-electron chi connectivity index (χ0n) is 12.0. The van der Waals surface area contributed by atoms with Crippen LogP contribution in [0.1, 0.15) is 49.7 Å². The molecule has 0 radical (unpaired) electrons. The van der Waals surface area contributed by atoms with E-state index in [2.05, 4.69) is 60.3 Å². The number of para-hydroxylation sites is 1. The molecule has 100 valence electrons. The highest BCUT2D eigenvalue weighted by molar-refractivity contribution is 5.53. The van der Waals surface area contributed by atoms with E-state index in [-0.39, 0.29) is 6.04 Å². The number of anilines is 1. The van der Waals surface area contributed by atoms with Gasteiger partial charge in [0.25, 0.3) is 0 Å². The Balaban J connectivity index is 2.24. The van der Waals surface area contributed by atoms with Crippen molar-refractivity contribution in [2.75, 3.05) is 5.32 Å². The Hall–Kier alpha value is -1.90. The van der Waals surface area contributed by atoms with Crippen molar-refractivity contribution in [3.05, 3.63) is 53.6 Å². The molecule has 0 fully saturated rings. The molecule has 3 nitrogen and oxygen atoms in total. The summed E-state index contributed by atoms with van der Waals surface area (Å²) < 4.78 is 0.